The van der Waals surface area contributed by atoms with E-state index in [1.54, 1.807) is 60.1 Å². The number of nitrogens with one attached hydrogen (secondary N) is 1. The molecule has 134 valence electrons. The Labute approximate surface area is 156 Å². The number of aryl methyl sites for hydroxylation is 1. The zero-order valence-electron chi connectivity index (χ0n) is 14.1. The summed E-state index contributed by atoms with van der Waals surface area (Å²) in [4.78, 5) is 17.0. The highest BCUT2D eigenvalue weighted by Crippen LogP contribution is 2.28. The van der Waals surface area contributed by atoms with E-state index >= 15 is 0 Å². The molecule has 0 spiro atoms. The number of thiophene rings is 1. The Kier molecular flexibility index (Phi) is 5.49. The molecule has 7 heteroatoms. The molecule has 1 N–H and O–H groups in total. The van der Waals surface area contributed by atoms with Crippen LogP contribution in [0.5, 0.6) is 0 Å². The Morgan fingerprint density at radius 3 is 2.54 bits per heavy atom. The highest BCUT2D eigenvalue weighted by molar-refractivity contribution is 7.91. The minimum atomic E-state index is -3.69. The van der Waals surface area contributed by atoms with Crippen LogP contribution >= 0.6 is 11.3 Å². The van der Waals surface area contributed by atoms with Crippen LogP contribution in [0.25, 0.3) is 0 Å². The number of carbonyl (C=O) groups is 1. The highest BCUT2D eigenvalue weighted by atomic mass is 32.2. The van der Waals surface area contributed by atoms with Crippen LogP contribution in [0.3, 0.4) is 0 Å². The topological polar surface area (TPSA) is 76.1 Å². The normalized spacial score (nSPS) is 12.5. The lowest BCUT2D eigenvalue weighted by Crippen LogP contribution is -2.31. The summed E-state index contributed by atoms with van der Waals surface area (Å²) < 4.78 is 26.3. The zero-order valence-corrected chi connectivity index (χ0v) is 15.8. The van der Waals surface area contributed by atoms with Crippen molar-refractivity contribution in [2.75, 3.05) is 6.54 Å². The summed E-state index contributed by atoms with van der Waals surface area (Å²) in [5.41, 5.74) is 1.52. The molecule has 1 aromatic carbocycles. The van der Waals surface area contributed by atoms with Gasteiger partial charge in [-0.2, -0.15) is 0 Å². The molecule has 0 saturated heterocycles. The van der Waals surface area contributed by atoms with Gasteiger partial charge in [0.2, 0.25) is 0 Å². The molecule has 0 unspecified atom stereocenters. The van der Waals surface area contributed by atoms with Crippen molar-refractivity contribution in [2.24, 2.45) is 0 Å². The maximum atomic E-state index is 13.2. The van der Waals surface area contributed by atoms with Crippen LogP contribution in [0, 0.1) is 6.92 Å². The molecule has 1 atom stereocenters. The number of hydrogen-bond acceptors (Lipinski definition) is 5. The molecule has 3 aromatic rings. The van der Waals surface area contributed by atoms with E-state index in [1.165, 1.54) is 17.5 Å². The predicted molar refractivity (Wildman–Crippen MR) is 102 cm³/mol. The van der Waals surface area contributed by atoms with Crippen LogP contribution in [0.15, 0.2) is 71.2 Å². The Bertz CT molecular complexity index is 967. The number of benzene rings is 1. The van der Waals surface area contributed by atoms with Crippen LogP contribution in [0.2, 0.25) is 0 Å². The number of carbonyl (C=O) groups excluding carboxylic acids is 1. The second-order valence-corrected chi connectivity index (χ2v) is 8.90. The zero-order chi connectivity index (χ0) is 18.6. The molecule has 5 nitrogen and oxygen atoms in total. The van der Waals surface area contributed by atoms with Crippen LogP contribution in [-0.4, -0.2) is 25.9 Å². The SMILES string of the molecule is Cc1ccc(S(=O)(=O)[C@@H](CNC(=O)c2cccs2)c2cccnc2)cc1. The minimum Gasteiger partial charge on any atom is -0.350 e. The summed E-state index contributed by atoms with van der Waals surface area (Å²) in [5.74, 6) is -0.284. The van der Waals surface area contributed by atoms with Gasteiger partial charge in [0.1, 0.15) is 5.25 Å². The van der Waals surface area contributed by atoms with Gasteiger partial charge in [0.25, 0.3) is 5.91 Å². The number of amides is 1. The maximum absolute atomic E-state index is 13.2. The first-order chi connectivity index (χ1) is 12.5. The van der Waals surface area contributed by atoms with Gasteiger partial charge in [-0.1, -0.05) is 29.8 Å². The summed E-state index contributed by atoms with van der Waals surface area (Å²) in [6.07, 6.45) is 3.11. The van der Waals surface area contributed by atoms with Crippen LogP contribution < -0.4 is 5.32 Å². The average molecular weight is 386 g/mol. The third-order valence-corrected chi connectivity index (χ3v) is 6.96. The molecule has 0 radical (unpaired) electrons. The largest absolute Gasteiger partial charge is 0.350 e. The third-order valence-electron chi connectivity index (χ3n) is 3.97. The molecular formula is C19H18N2O3S2. The highest BCUT2D eigenvalue weighted by Gasteiger charge is 2.30. The molecule has 0 aliphatic rings. The molecular weight excluding hydrogens is 368 g/mol. The second-order valence-electron chi connectivity index (χ2n) is 5.82. The Morgan fingerprint density at radius 2 is 1.92 bits per heavy atom. The van der Waals surface area contributed by atoms with E-state index in [1.807, 2.05) is 6.92 Å². The molecule has 0 aliphatic heterocycles. The summed E-state index contributed by atoms with van der Waals surface area (Å²) >= 11 is 1.31. The van der Waals surface area contributed by atoms with Crippen molar-refractivity contribution in [3.05, 3.63) is 82.3 Å². The Balaban J connectivity index is 1.91. The van der Waals surface area contributed by atoms with Gasteiger partial charge >= 0.3 is 0 Å². The lowest BCUT2D eigenvalue weighted by atomic mass is 10.2. The second kappa shape index (κ2) is 7.80. The Morgan fingerprint density at radius 1 is 1.15 bits per heavy atom. The molecule has 2 aromatic heterocycles. The fourth-order valence-corrected chi connectivity index (χ4v) is 4.83. The molecule has 0 fully saturated rings. The van der Waals surface area contributed by atoms with E-state index in [4.69, 9.17) is 0 Å². The van der Waals surface area contributed by atoms with Gasteiger partial charge < -0.3 is 5.32 Å². The van der Waals surface area contributed by atoms with Crippen molar-refractivity contribution < 1.29 is 13.2 Å². The van der Waals surface area contributed by atoms with Gasteiger partial charge in [-0.25, -0.2) is 8.42 Å². The molecule has 0 aliphatic carbocycles. The summed E-state index contributed by atoms with van der Waals surface area (Å²) in [5, 5.41) is 3.62. The van der Waals surface area contributed by atoms with E-state index in [0.29, 0.717) is 10.4 Å². The van der Waals surface area contributed by atoms with Gasteiger partial charge in [-0.15, -0.1) is 11.3 Å². The quantitative estimate of drug-likeness (QED) is 0.704. The lowest BCUT2D eigenvalue weighted by molar-refractivity contribution is 0.0957. The van der Waals surface area contributed by atoms with E-state index in [2.05, 4.69) is 10.3 Å². The summed E-state index contributed by atoms with van der Waals surface area (Å²) in [6.45, 7) is 1.87. The smallest absolute Gasteiger partial charge is 0.261 e. The monoisotopic (exact) mass is 386 g/mol. The van der Waals surface area contributed by atoms with Gasteiger partial charge in [0.15, 0.2) is 9.84 Å². The fraction of sp³-hybridized carbons (Fsp3) is 0.158. The van der Waals surface area contributed by atoms with Gasteiger partial charge in [-0.05, 0) is 42.1 Å². The van der Waals surface area contributed by atoms with Crippen molar-refractivity contribution in [3.8, 4) is 0 Å². The predicted octanol–water partition coefficient (Wildman–Crippen LogP) is 3.40. The average Bonchev–Trinajstić information content (AvgIpc) is 3.17. The van der Waals surface area contributed by atoms with Crippen LogP contribution in [0.1, 0.15) is 26.0 Å². The van der Waals surface area contributed by atoms with Crippen LogP contribution in [-0.2, 0) is 9.84 Å². The number of rotatable bonds is 6. The first-order valence-electron chi connectivity index (χ1n) is 8.00. The maximum Gasteiger partial charge on any atom is 0.261 e. The van der Waals surface area contributed by atoms with E-state index in [-0.39, 0.29) is 17.3 Å². The first-order valence-corrected chi connectivity index (χ1v) is 10.4. The summed E-state index contributed by atoms with van der Waals surface area (Å²) in [6, 6.07) is 13.6. The first kappa shape index (κ1) is 18.3. The van der Waals surface area contributed by atoms with Crippen molar-refractivity contribution in [1.82, 2.24) is 10.3 Å². The number of aromatic nitrogens is 1. The van der Waals surface area contributed by atoms with Crippen molar-refractivity contribution in [3.63, 3.8) is 0 Å². The van der Waals surface area contributed by atoms with E-state index < -0.39 is 15.1 Å². The van der Waals surface area contributed by atoms with E-state index in [0.717, 1.165) is 5.56 Å². The van der Waals surface area contributed by atoms with Gasteiger partial charge in [0, 0.05) is 18.9 Å². The van der Waals surface area contributed by atoms with Crippen molar-refractivity contribution >= 4 is 27.1 Å². The molecule has 0 bridgehead atoms. The van der Waals surface area contributed by atoms with Gasteiger partial charge in [0.05, 0.1) is 9.77 Å². The number of pyridine rings is 1. The third kappa shape index (κ3) is 4.00. The fourth-order valence-electron chi connectivity index (χ4n) is 2.55. The molecule has 1 amide bonds. The van der Waals surface area contributed by atoms with Crippen molar-refractivity contribution in [1.29, 1.82) is 0 Å². The lowest BCUT2D eigenvalue weighted by Gasteiger charge is -2.18. The standard InChI is InChI=1S/C19H18N2O3S2/c1-14-6-8-16(9-7-14)26(23,24)18(15-4-2-10-20-12-15)13-21-19(22)17-5-3-11-25-17/h2-12,18H,13H2,1H3,(H,21,22)/t18-/m0/s1. The molecule has 2 heterocycles. The minimum absolute atomic E-state index is 0.0291. The number of hydrogen-bond donors (Lipinski definition) is 1. The number of sulfone groups is 1. The molecule has 3 rings (SSSR count). The number of nitrogens with zero attached hydrogens (tertiary/aromatic N) is 1. The van der Waals surface area contributed by atoms with Gasteiger partial charge in [-0.3, -0.25) is 9.78 Å². The molecule has 26 heavy (non-hydrogen) atoms. The van der Waals surface area contributed by atoms with E-state index in [9.17, 15) is 13.2 Å². The van der Waals surface area contributed by atoms with Crippen molar-refractivity contribution in [2.45, 2.75) is 17.1 Å². The Hall–Kier alpha value is -2.51. The summed E-state index contributed by atoms with van der Waals surface area (Å²) in [7, 11) is -3.69. The molecule has 0 saturated carbocycles. The van der Waals surface area contributed by atoms with Crippen LogP contribution in [0.4, 0.5) is 0 Å².